The molecule has 0 radical (unpaired) electrons. The van der Waals surface area contributed by atoms with Gasteiger partial charge in [-0.05, 0) is 19.4 Å². The van der Waals surface area contributed by atoms with Crippen molar-refractivity contribution in [1.82, 2.24) is 9.97 Å². The molecule has 0 saturated carbocycles. The van der Waals surface area contributed by atoms with Crippen LogP contribution in [0.1, 0.15) is 11.1 Å². The van der Waals surface area contributed by atoms with E-state index >= 15 is 0 Å². The van der Waals surface area contributed by atoms with Gasteiger partial charge < -0.3 is 0 Å². The van der Waals surface area contributed by atoms with Crippen molar-refractivity contribution in [1.29, 1.82) is 0 Å². The summed E-state index contributed by atoms with van der Waals surface area (Å²) in [6.07, 6.45) is 5.22. The van der Waals surface area contributed by atoms with E-state index in [2.05, 4.69) is 42.0 Å². The predicted octanol–water partition coefficient (Wildman–Crippen LogP) is 2.76. The van der Waals surface area contributed by atoms with E-state index in [1.165, 1.54) is 16.7 Å². The van der Waals surface area contributed by atoms with E-state index in [1.54, 1.807) is 6.33 Å². The predicted molar refractivity (Wildman–Crippen MR) is 56.9 cm³/mol. The molecular formula is C12H12N2. The number of hydrogen-bond acceptors (Lipinski definition) is 2. The summed E-state index contributed by atoms with van der Waals surface area (Å²) in [4.78, 5) is 8.02. The Morgan fingerprint density at radius 3 is 1.93 bits per heavy atom. The van der Waals surface area contributed by atoms with Crippen LogP contribution in [0.4, 0.5) is 0 Å². The Kier molecular flexibility index (Phi) is 2.27. The molecule has 0 aliphatic heterocycles. The second-order valence-electron chi connectivity index (χ2n) is 3.50. The van der Waals surface area contributed by atoms with Gasteiger partial charge in [0, 0.05) is 18.0 Å². The van der Waals surface area contributed by atoms with Gasteiger partial charge in [0.25, 0.3) is 0 Å². The first kappa shape index (κ1) is 8.88. The Balaban J connectivity index is 2.52. The van der Waals surface area contributed by atoms with Gasteiger partial charge in [-0.25, -0.2) is 9.97 Å². The van der Waals surface area contributed by atoms with E-state index < -0.39 is 0 Å². The summed E-state index contributed by atoms with van der Waals surface area (Å²) in [6.45, 7) is 4.20. The molecule has 2 aromatic rings. The molecule has 0 bridgehead atoms. The SMILES string of the molecule is Cc1cc(C)cc(-c2cncnc2)c1. The number of hydrogen-bond donors (Lipinski definition) is 0. The molecule has 1 aromatic heterocycles. The van der Waals surface area contributed by atoms with Gasteiger partial charge in [0.2, 0.25) is 0 Å². The molecule has 0 amide bonds. The number of aromatic nitrogens is 2. The maximum atomic E-state index is 4.01. The number of aryl methyl sites for hydroxylation is 2. The van der Waals surface area contributed by atoms with Crippen molar-refractivity contribution in [3.8, 4) is 11.1 Å². The smallest absolute Gasteiger partial charge is 0.115 e. The van der Waals surface area contributed by atoms with Crippen molar-refractivity contribution in [2.45, 2.75) is 13.8 Å². The topological polar surface area (TPSA) is 25.8 Å². The van der Waals surface area contributed by atoms with E-state index in [4.69, 9.17) is 0 Å². The van der Waals surface area contributed by atoms with Crippen LogP contribution in [0.5, 0.6) is 0 Å². The van der Waals surface area contributed by atoms with E-state index in [-0.39, 0.29) is 0 Å². The van der Waals surface area contributed by atoms with E-state index in [1.807, 2.05) is 12.4 Å². The average molecular weight is 184 g/mol. The highest BCUT2D eigenvalue weighted by atomic mass is 14.8. The van der Waals surface area contributed by atoms with Crippen LogP contribution in [0.2, 0.25) is 0 Å². The summed E-state index contributed by atoms with van der Waals surface area (Å²) in [5, 5.41) is 0. The average Bonchev–Trinajstić information content (AvgIpc) is 2.18. The highest BCUT2D eigenvalue weighted by Gasteiger charge is 1.98. The van der Waals surface area contributed by atoms with Gasteiger partial charge in [-0.2, -0.15) is 0 Å². The third-order valence-electron chi connectivity index (χ3n) is 2.12. The fourth-order valence-electron chi connectivity index (χ4n) is 1.59. The van der Waals surface area contributed by atoms with Crippen LogP contribution in [0.15, 0.2) is 36.9 Å². The summed E-state index contributed by atoms with van der Waals surface area (Å²) in [5.74, 6) is 0. The summed E-state index contributed by atoms with van der Waals surface area (Å²) in [5.41, 5.74) is 4.79. The van der Waals surface area contributed by atoms with Crippen molar-refractivity contribution in [2.75, 3.05) is 0 Å². The molecule has 0 fully saturated rings. The highest BCUT2D eigenvalue weighted by molar-refractivity contribution is 5.63. The quantitative estimate of drug-likeness (QED) is 0.681. The van der Waals surface area contributed by atoms with Gasteiger partial charge in [-0.15, -0.1) is 0 Å². The maximum absolute atomic E-state index is 4.01. The Labute approximate surface area is 83.7 Å². The first-order valence-electron chi connectivity index (χ1n) is 4.59. The lowest BCUT2D eigenvalue weighted by Crippen LogP contribution is -1.84. The van der Waals surface area contributed by atoms with Crippen LogP contribution in [-0.2, 0) is 0 Å². The lowest BCUT2D eigenvalue weighted by molar-refractivity contribution is 1.17. The molecule has 14 heavy (non-hydrogen) atoms. The minimum Gasteiger partial charge on any atom is -0.244 e. The van der Waals surface area contributed by atoms with Gasteiger partial charge in [-0.1, -0.05) is 29.3 Å². The van der Waals surface area contributed by atoms with Crippen LogP contribution >= 0.6 is 0 Å². The van der Waals surface area contributed by atoms with Crippen LogP contribution in [0, 0.1) is 13.8 Å². The molecule has 1 heterocycles. The largest absolute Gasteiger partial charge is 0.244 e. The van der Waals surface area contributed by atoms with Gasteiger partial charge >= 0.3 is 0 Å². The second-order valence-corrected chi connectivity index (χ2v) is 3.50. The van der Waals surface area contributed by atoms with Crippen molar-refractivity contribution in [2.24, 2.45) is 0 Å². The summed E-state index contributed by atoms with van der Waals surface area (Å²) < 4.78 is 0. The molecule has 0 N–H and O–H groups in total. The fraction of sp³-hybridized carbons (Fsp3) is 0.167. The second kappa shape index (κ2) is 3.58. The molecule has 70 valence electrons. The van der Waals surface area contributed by atoms with Gasteiger partial charge in [0.1, 0.15) is 6.33 Å². The first-order valence-corrected chi connectivity index (χ1v) is 4.59. The third kappa shape index (κ3) is 1.79. The maximum Gasteiger partial charge on any atom is 0.115 e. The van der Waals surface area contributed by atoms with Gasteiger partial charge in [0.15, 0.2) is 0 Å². The minimum absolute atomic E-state index is 1.07. The van der Waals surface area contributed by atoms with Crippen LogP contribution < -0.4 is 0 Å². The molecule has 0 aliphatic carbocycles. The number of benzene rings is 1. The van der Waals surface area contributed by atoms with Crippen LogP contribution in [0.25, 0.3) is 11.1 Å². The Bertz CT molecular complexity index is 415. The van der Waals surface area contributed by atoms with E-state index in [0.717, 1.165) is 5.56 Å². The van der Waals surface area contributed by atoms with Crippen molar-refractivity contribution >= 4 is 0 Å². The lowest BCUT2D eigenvalue weighted by Gasteiger charge is -2.03. The molecular weight excluding hydrogens is 172 g/mol. The molecule has 0 unspecified atom stereocenters. The standard InChI is InChI=1S/C12H12N2/c1-9-3-10(2)5-11(4-9)12-6-13-8-14-7-12/h3-8H,1-2H3. The Morgan fingerprint density at radius 2 is 1.36 bits per heavy atom. The molecule has 0 atom stereocenters. The highest BCUT2D eigenvalue weighted by Crippen LogP contribution is 2.20. The zero-order valence-corrected chi connectivity index (χ0v) is 8.36. The first-order chi connectivity index (χ1) is 6.75. The normalized spacial score (nSPS) is 10.1. The summed E-state index contributed by atoms with van der Waals surface area (Å²) >= 11 is 0. The third-order valence-corrected chi connectivity index (χ3v) is 2.12. The molecule has 0 saturated heterocycles. The molecule has 1 aromatic carbocycles. The molecule has 2 nitrogen and oxygen atoms in total. The van der Waals surface area contributed by atoms with E-state index in [9.17, 15) is 0 Å². The van der Waals surface area contributed by atoms with Crippen molar-refractivity contribution in [3.05, 3.63) is 48.0 Å². The minimum atomic E-state index is 1.07. The Morgan fingerprint density at radius 1 is 0.786 bits per heavy atom. The van der Waals surface area contributed by atoms with Gasteiger partial charge in [0.05, 0.1) is 0 Å². The van der Waals surface area contributed by atoms with Crippen molar-refractivity contribution in [3.63, 3.8) is 0 Å². The molecule has 2 rings (SSSR count). The molecule has 0 spiro atoms. The summed E-state index contributed by atoms with van der Waals surface area (Å²) in [7, 11) is 0. The Hall–Kier alpha value is -1.70. The number of rotatable bonds is 1. The summed E-state index contributed by atoms with van der Waals surface area (Å²) in [6, 6.07) is 6.45. The zero-order chi connectivity index (χ0) is 9.97. The number of nitrogens with zero attached hydrogens (tertiary/aromatic N) is 2. The molecule has 2 heteroatoms. The van der Waals surface area contributed by atoms with Gasteiger partial charge in [-0.3, -0.25) is 0 Å². The lowest BCUT2D eigenvalue weighted by atomic mass is 10.0. The fourth-order valence-corrected chi connectivity index (χ4v) is 1.59. The monoisotopic (exact) mass is 184 g/mol. The van der Waals surface area contributed by atoms with Crippen LogP contribution in [0.3, 0.4) is 0 Å². The van der Waals surface area contributed by atoms with Crippen LogP contribution in [-0.4, -0.2) is 9.97 Å². The van der Waals surface area contributed by atoms with E-state index in [0.29, 0.717) is 0 Å². The van der Waals surface area contributed by atoms with Crippen molar-refractivity contribution < 1.29 is 0 Å². The molecule has 0 aliphatic rings. The zero-order valence-electron chi connectivity index (χ0n) is 8.36.